The molecule has 2 rings (SSSR count). The van der Waals surface area contributed by atoms with Crippen molar-refractivity contribution in [3.05, 3.63) is 53.8 Å². The molecule has 172 valence electrons. The summed E-state index contributed by atoms with van der Waals surface area (Å²) in [6, 6.07) is 6.15. The molecule has 31 heavy (non-hydrogen) atoms. The monoisotopic (exact) mass is 427 g/mol. The van der Waals surface area contributed by atoms with Gasteiger partial charge in [0.05, 0.1) is 12.3 Å². The van der Waals surface area contributed by atoms with E-state index in [0.29, 0.717) is 17.4 Å². The first kappa shape index (κ1) is 26.8. The van der Waals surface area contributed by atoms with Gasteiger partial charge in [-0.2, -0.15) is 0 Å². The van der Waals surface area contributed by atoms with E-state index in [1.807, 2.05) is 25.1 Å². The van der Waals surface area contributed by atoms with E-state index in [0.717, 1.165) is 30.0 Å². The molecule has 0 bridgehead atoms. The van der Waals surface area contributed by atoms with Gasteiger partial charge in [-0.05, 0) is 88.2 Å². The van der Waals surface area contributed by atoms with Gasteiger partial charge >= 0.3 is 0 Å². The number of hydrogen-bond donors (Lipinski definition) is 3. The summed E-state index contributed by atoms with van der Waals surface area (Å²) >= 11 is 0. The standard InChI is InChI=1S/C20H28N2O2.C6H13N/c1-5-22-20-11-10-18(14-19(20)17(4)21)15(2)8-6-7-9-16(3)24-13-12-23;1-6-2-4-7-5-3-6/h5,7,9-11,14-15,21,23H,3,6,8,12-13H2,1-2,4H3;6-7H,2-5H2,1H3/b9-7-,21-17?,22-5?;. The van der Waals surface area contributed by atoms with Gasteiger partial charge in [0, 0.05) is 17.5 Å². The Morgan fingerprint density at radius 3 is 2.65 bits per heavy atom. The minimum absolute atomic E-state index is 0.00324. The number of ether oxygens (including phenoxy) is 1. The van der Waals surface area contributed by atoms with Crippen molar-refractivity contribution in [2.24, 2.45) is 10.9 Å². The van der Waals surface area contributed by atoms with Crippen LogP contribution < -0.4 is 5.32 Å². The Morgan fingerprint density at radius 2 is 2.10 bits per heavy atom. The van der Waals surface area contributed by atoms with Crippen LogP contribution in [-0.2, 0) is 4.74 Å². The predicted octanol–water partition coefficient (Wildman–Crippen LogP) is 5.76. The summed E-state index contributed by atoms with van der Waals surface area (Å²) < 4.78 is 5.19. The molecule has 0 saturated carbocycles. The summed E-state index contributed by atoms with van der Waals surface area (Å²) in [5.41, 5.74) is 3.48. The highest BCUT2D eigenvalue weighted by molar-refractivity contribution is 6.01. The van der Waals surface area contributed by atoms with Crippen LogP contribution in [0.3, 0.4) is 0 Å². The van der Waals surface area contributed by atoms with Crippen molar-refractivity contribution in [2.75, 3.05) is 26.3 Å². The molecule has 1 saturated heterocycles. The molecule has 1 aromatic rings. The van der Waals surface area contributed by atoms with Crippen LogP contribution in [0.4, 0.5) is 5.69 Å². The van der Waals surface area contributed by atoms with Gasteiger partial charge in [-0.25, -0.2) is 0 Å². The van der Waals surface area contributed by atoms with Crippen molar-refractivity contribution >= 4 is 17.6 Å². The molecule has 1 aliphatic heterocycles. The van der Waals surface area contributed by atoms with Crippen molar-refractivity contribution in [3.8, 4) is 0 Å². The molecule has 1 atom stereocenters. The van der Waals surface area contributed by atoms with Crippen LogP contribution in [0, 0.1) is 11.3 Å². The molecule has 0 spiro atoms. The van der Waals surface area contributed by atoms with E-state index >= 15 is 0 Å². The predicted molar refractivity (Wildman–Crippen MR) is 133 cm³/mol. The maximum Gasteiger partial charge on any atom is 0.111 e. The van der Waals surface area contributed by atoms with Gasteiger partial charge in [-0.3, -0.25) is 4.99 Å². The lowest BCUT2D eigenvalue weighted by atomic mass is 9.93. The fraction of sp³-hybridized carbons (Fsp3) is 0.538. The van der Waals surface area contributed by atoms with Gasteiger partial charge in [-0.15, -0.1) is 0 Å². The smallest absolute Gasteiger partial charge is 0.111 e. The van der Waals surface area contributed by atoms with E-state index in [4.69, 9.17) is 15.3 Å². The molecule has 5 nitrogen and oxygen atoms in total. The highest BCUT2D eigenvalue weighted by Gasteiger charge is 2.10. The zero-order valence-corrected chi connectivity index (χ0v) is 19.8. The SMILES string of the molecule is C=C(/C=C\CCC(C)c1ccc(N=CC)c(C(C)=N)c1)OCCO.CC1CCNCC1. The Balaban J connectivity index is 0.000000577. The van der Waals surface area contributed by atoms with Crippen molar-refractivity contribution in [2.45, 2.75) is 59.3 Å². The van der Waals surface area contributed by atoms with Gasteiger partial charge in [0.2, 0.25) is 0 Å². The maximum atomic E-state index is 8.69. The van der Waals surface area contributed by atoms with Gasteiger partial charge in [-0.1, -0.05) is 32.6 Å². The number of nitrogens with one attached hydrogen (secondary N) is 2. The number of hydrogen-bond acceptors (Lipinski definition) is 5. The third-order valence-electron chi connectivity index (χ3n) is 5.34. The number of piperidine rings is 1. The molecule has 1 aromatic carbocycles. The van der Waals surface area contributed by atoms with Gasteiger partial charge in [0.25, 0.3) is 0 Å². The van der Waals surface area contributed by atoms with Crippen LogP contribution in [0.15, 0.2) is 47.7 Å². The van der Waals surface area contributed by atoms with Gasteiger partial charge < -0.3 is 20.6 Å². The molecular weight excluding hydrogens is 386 g/mol. The normalized spacial score (nSPS) is 15.5. The van der Waals surface area contributed by atoms with Crippen LogP contribution in [-0.4, -0.2) is 43.3 Å². The molecule has 0 aromatic heterocycles. The fourth-order valence-corrected chi connectivity index (χ4v) is 3.33. The Hall–Kier alpha value is -2.24. The molecule has 3 N–H and O–H groups in total. The second-order valence-corrected chi connectivity index (χ2v) is 8.14. The molecule has 0 amide bonds. The molecule has 1 heterocycles. The first-order valence-electron chi connectivity index (χ1n) is 11.4. The zero-order chi connectivity index (χ0) is 23.1. The van der Waals surface area contributed by atoms with Crippen molar-refractivity contribution in [1.82, 2.24) is 5.32 Å². The number of rotatable bonds is 10. The van der Waals surface area contributed by atoms with E-state index in [9.17, 15) is 0 Å². The second-order valence-electron chi connectivity index (χ2n) is 8.14. The molecule has 1 unspecified atom stereocenters. The van der Waals surface area contributed by atoms with Crippen LogP contribution in [0.5, 0.6) is 0 Å². The highest BCUT2D eigenvalue weighted by Crippen LogP contribution is 2.27. The summed E-state index contributed by atoms with van der Waals surface area (Å²) in [4.78, 5) is 4.33. The third kappa shape index (κ3) is 11.1. The first-order chi connectivity index (χ1) is 14.9. The number of aliphatic hydroxyl groups excluding tert-OH is 1. The summed E-state index contributed by atoms with van der Waals surface area (Å²) in [6.45, 7) is 14.7. The lowest BCUT2D eigenvalue weighted by Crippen LogP contribution is -2.26. The lowest BCUT2D eigenvalue weighted by molar-refractivity contribution is 0.153. The Kier molecular flexibility index (Phi) is 13.4. The first-order valence-corrected chi connectivity index (χ1v) is 11.4. The van der Waals surface area contributed by atoms with Crippen molar-refractivity contribution < 1.29 is 9.84 Å². The summed E-state index contributed by atoms with van der Waals surface area (Å²) in [6.07, 6.45) is 10.3. The Morgan fingerprint density at radius 1 is 1.39 bits per heavy atom. The quantitative estimate of drug-likeness (QED) is 0.252. The molecule has 5 heteroatoms. The summed E-state index contributed by atoms with van der Waals surface area (Å²) in [5, 5.41) is 19.9. The lowest BCUT2D eigenvalue weighted by Gasteiger charge is -2.17. The van der Waals surface area contributed by atoms with E-state index < -0.39 is 0 Å². The number of nitrogens with zero attached hydrogens (tertiary/aromatic N) is 1. The minimum Gasteiger partial charge on any atom is -0.492 e. The van der Waals surface area contributed by atoms with Crippen LogP contribution in [0.1, 0.15) is 70.4 Å². The molecular formula is C26H41N3O2. The highest BCUT2D eigenvalue weighted by atomic mass is 16.5. The van der Waals surface area contributed by atoms with Crippen LogP contribution in [0.25, 0.3) is 0 Å². The van der Waals surface area contributed by atoms with E-state index in [1.165, 1.54) is 31.5 Å². The Bertz CT molecular complexity index is 734. The number of benzene rings is 1. The topological polar surface area (TPSA) is 77.7 Å². The van der Waals surface area contributed by atoms with Gasteiger partial charge in [0.1, 0.15) is 12.4 Å². The minimum atomic E-state index is -0.00324. The van der Waals surface area contributed by atoms with Crippen LogP contribution >= 0.6 is 0 Å². The fourth-order valence-electron chi connectivity index (χ4n) is 3.33. The van der Waals surface area contributed by atoms with Gasteiger partial charge in [0.15, 0.2) is 0 Å². The largest absolute Gasteiger partial charge is 0.492 e. The second kappa shape index (κ2) is 15.5. The number of aliphatic hydroxyl groups is 1. The van der Waals surface area contributed by atoms with E-state index in [2.05, 4.69) is 42.9 Å². The van der Waals surface area contributed by atoms with Crippen LogP contribution in [0.2, 0.25) is 0 Å². The molecule has 1 aliphatic rings. The molecule has 0 aliphatic carbocycles. The molecule has 0 radical (unpaired) electrons. The average Bonchev–Trinajstić information content (AvgIpc) is 2.76. The maximum absolute atomic E-state index is 8.69. The van der Waals surface area contributed by atoms with E-state index in [-0.39, 0.29) is 13.2 Å². The summed E-state index contributed by atoms with van der Waals surface area (Å²) in [5.74, 6) is 1.93. The summed E-state index contributed by atoms with van der Waals surface area (Å²) in [7, 11) is 0. The third-order valence-corrected chi connectivity index (χ3v) is 5.34. The molecule has 1 fully saturated rings. The number of aliphatic imine (C=N–C) groups is 1. The number of allylic oxidation sites excluding steroid dienone is 2. The average molecular weight is 428 g/mol. The Labute approximate surface area is 188 Å². The van der Waals surface area contributed by atoms with Crippen molar-refractivity contribution in [1.29, 1.82) is 5.41 Å². The zero-order valence-electron chi connectivity index (χ0n) is 19.8. The van der Waals surface area contributed by atoms with Crippen molar-refractivity contribution in [3.63, 3.8) is 0 Å². The van der Waals surface area contributed by atoms with E-state index in [1.54, 1.807) is 13.1 Å².